The molecule has 0 atom stereocenters. The number of benzene rings is 2. The van der Waals surface area contributed by atoms with Gasteiger partial charge in [0.05, 0.1) is 16.6 Å². The van der Waals surface area contributed by atoms with Gasteiger partial charge in [-0.3, -0.25) is 0 Å². The minimum atomic E-state index is 0.570. The van der Waals surface area contributed by atoms with E-state index in [9.17, 15) is 0 Å². The third-order valence-corrected chi connectivity index (χ3v) is 6.17. The molecule has 0 bridgehead atoms. The summed E-state index contributed by atoms with van der Waals surface area (Å²) in [5, 5.41) is 4.54. The Kier molecular flexibility index (Phi) is 6.31. The lowest BCUT2D eigenvalue weighted by Gasteiger charge is -2.07. The maximum absolute atomic E-state index is 6.04. The summed E-state index contributed by atoms with van der Waals surface area (Å²) in [6.07, 6.45) is 1.79. The second kappa shape index (κ2) is 8.45. The minimum absolute atomic E-state index is 0.570. The van der Waals surface area contributed by atoms with Crippen LogP contribution in [0.5, 0.6) is 0 Å². The van der Waals surface area contributed by atoms with Gasteiger partial charge in [0.15, 0.2) is 4.47 Å². The van der Waals surface area contributed by atoms with Crippen molar-refractivity contribution in [3.8, 4) is 0 Å². The second-order valence-electron chi connectivity index (χ2n) is 4.99. The molecule has 1 N–H and O–H groups in total. The lowest BCUT2D eigenvalue weighted by atomic mass is 10.2. The van der Waals surface area contributed by atoms with Crippen LogP contribution < -0.4 is 5.32 Å². The topological polar surface area (TPSA) is 24.9 Å². The number of hydrogen-bond acceptors (Lipinski definition) is 4. The van der Waals surface area contributed by atoms with E-state index in [0.29, 0.717) is 14.5 Å². The molecule has 1 heterocycles. The van der Waals surface area contributed by atoms with Crippen molar-refractivity contribution in [2.45, 2.75) is 17.2 Å². The van der Waals surface area contributed by atoms with E-state index in [4.69, 9.17) is 34.8 Å². The molecule has 2 nitrogen and oxygen atoms in total. The molecular formula is C17H13Cl3N2S2. The highest BCUT2D eigenvalue weighted by Gasteiger charge is 2.02. The molecular weight excluding hydrogens is 403 g/mol. The Morgan fingerprint density at radius 3 is 2.46 bits per heavy atom. The first-order valence-corrected chi connectivity index (χ1v) is 10.0. The van der Waals surface area contributed by atoms with Crippen LogP contribution in [0.1, 0.15) is 10.4 Å². The number of halogens is 3. The Bertz CT molecular complexity index is 819. The zero-order chi connectivity index (χ0) is 16.9. The van der Waals surface area contributed by atoms with Crippen LogP contribution in [-0.2, 0) is 12.3 Å². The van der Waals surface area contributed by atoms with Crippen molar-refractivity contribution in [1.29, 1.82) is 0 Å². The van der Waals surface area contributed by atoms with Crippen molar-refractivity contribution in [2.24, 2.45) is 0 Å². The van der Waals surface area contributed by atoms with Crippen LogP contribution in [0.25, 0.3) is 0 Å². The monoisotopic (exact) mass is 414 g/mol. The van der Waals surface area contributed by atoms with Crippen molar-refractivity contribution >= 4 is 63.6 Å². The van der Waals surface area contributed by atoms with Crippen LogP contribution in [0.4, 0.5) is 5.69 Å². The molecule has 0 aliphatic carbocycles. The van der Waals surface area contributed by atoms with E-state index in [2.05, 4.69) is 34.6 Å². The highest BCUT2D eigenvalue weighted by molar-refractivity contribution is 7.98. The molecule has 24 heavy (non-hydrogen) atoms. The molecule has 0 aliphatic heterocycles. The van der Waals surface area contributed by atoms with Crippen LogP contribution in [0.15, 0.2) is 53.6 Å². The molecule has 3 aromatic rings. The van der Waals surface area contributed by atoms with Crippen molar-refractivity contribution in [3.63, 3.8) is 0 Å². The molecule has 0 amide bonds. The average molecular weight is 416 g/mol. The summed E-state index contributed by atoms with van der Waals surface area (Å²) in [4.78, 5) is 6.34. The van der Waals surface area contributed by atoms with Gasteiger partial charge >= 0.3 is 0 Å². The zero-order valence-corrected chi connectivity index (χ0v) is 16.3. The molecule has 0 aliphatic rings. The second-order valence-corrected chi connectivity index (χ2v) is 8.56. The SMILES string of the molecule is Clc1ncc(CNc2ccc(SCc3ccc(Cl)c(Cl)c3)cc2)s1. The van der Waals surface area contributed by atoms with Crippen LogP contribution in [0, 0.1) is 0 Å². The van der Waals surface area contributed by atoms with Crippen LogP contribution >= 0.6 is 57.9 Å². The maximum atomic E-state index is 6.04. The Morgan fingerprint density at radius 1 is 1.00 bits per heavy atom. The van der Waals surface area contributed by atoms with Gasteiger partial charge in [0.2, 0.25) is 0 Å². The number of nitrogens with zero attached hydrogens (tertiary/aromatic N) is 1. The smallest absolute Gasteiger partial charge is 0.183 e. The normalized spacial score (nSPS) is 10.8. The number of rotatable bonds is 6. The summed E-state index contributed by atoms with van der Waals surface area (Å²) in [5.74, 6) is 0.850. The number of aromatic nitrogens is 1. The molecule has 0 unspecified atom stereocenters. The first-order chi connectivity index (χ1) is 11.6. The summed E-state index contributed by atoms with van der Waals surface area (Å²) in [7, 11) is 0. The summed E-state index contributed by atoms with van der Waals surface area (Å²) >= 11 is 21.0. The van der Waals surface area contributed by atoms with Gasteiger partial charge in [-0.05, 0) is 42.0 Å². The predicted molar refractivity (Wildman–Crippen MR) is 107 cm³/mol. The first-order valence-electron chi connectivity index (χ1n) is 7.11. The van der Waals surface area contributed by atoms with Gasteiger partial charge in [0.25, 0.3) is 0 Å². The van der Waals surface area contributed by atoms with Crippen LogP contribution in [0.3, 0.4) is 0 Å². The minimum Gasteiger partial charge on any atom is -0.380 e. The third kappa shape index (κ3) is 5.04. The van der Waals surface area contributed by atoms with Gasteiger partial charge in [0.1, 0.15) is 0 Å². The number of thioether (sulfide) groups is 1. The van der Waals surface area contributed by atoms with E-state index in [-0.39, 0.29) is 0 Å². The largest absolute Gasteiger partial charge is 0.380 e. The molecule has 2 aromatic carbocycles. The Labute approximate surface area is 164 Å². The lowest BCUT2D eigenvalue weighted by Crippen LogP contribution is -1.96. The molecule has 0 saturated carbocycles. The molecule has 0 radical (unpaired) electrons. The molecule has 124 valence electrons. The van der Waals surface area contributed by atoms with Gasteiger partial charge < -0.3 is 5.32 Å². The van der Waals surface area contributed by atoms with E-state index >= 15 is 0 Å². The molecule has 7 heteroatoms. The predicted octanol–water partition coefficient (Wildman–Crippen LogP) is 7.01. The molecule has 0 fully saturated rings. The van der Waals surface area contributed by atoms with E-state index in [1.54, 1.807) is 18.0 Å². The van der Waals surface area contributed by atoms with Crippen LogP contribution in [0.2, 0.25) is 14.5 Å². The average Bonchev–Trinajstić information content (AvgIpc) is 3.00. The van der Waals surface area contributed by atoms with Gasteiger partial charge in [0, 0.05) is 27.4 Å². The highest BCUT2D eigenvalue weighted by Crippen LogP contribution is 2.28. The fourth-order valence-electron chi connectivity index (χ4n) is 2.02. The van der Waals surface area contributed by atoms with Crippen LogP contribution in [-0.4, -0.2) is 4.98 Å². The van der Waals surface area contributed by atoms with Gasteiger partial charge in [-0.1, -0.05) is 40.9 Å². The Balaban J connectivity index is 1.53. The Morgan fingerprint density at radius 2 is 1.79 bits per heavy atom. The van der Waals surface area contributed by atoms with Gasteiger partial charge in [-0.25, -0.2) is 4.98 Å². The fourth-order valence-corrected chi connectivity index (χ4v) is 4.10. The van der Waals surface area contributed by atoms with Crippen molar-refractivity contribution in [3.05, 3.63) is 73.6 Å². The number of hydrogen-bond donors (Lipinski definition) is 1. The highest BCUT2D eigenvalue weighted by atomic mass is 35.5. The summed E-state index contributed by atoms with van der Waals surface area (Å²) in [5.41, 5.74) is 2.22. The van der Waals surface area contributed by atoms with Crippen molar-refractivity contribution < 1.29 is 0 Å². The number of nitrogens with one attached hydrogen (secondary N) is 1. The van der Waals surface area contributed by atoms with Gasteiger partial charge in [-0.2, -0.15) is 0 Å². The lowest BCUT2D eigenvalue weighted by molar-refractivity contribution is 1.17. The van der Waals surface area contributed by atoms with E-state index in [1.165, 1.54) is 16.2 Å². The summed E-state index contributed by atoms with van der Waals surface area (Å²) < 4.78 is 0.570. The fraction of sp³-hybridized carbons (Fsp3) is 0.118. The van der Waals surface area contributed by atoms with Crippen molar-refractivity contribution in [1.82, 2.24) is 4.98 Å². The van der Waals surface area contributed by atoms with Crippen molar-refractivity contribution in [2.75, 3.05) is 5.32 Å². The molecule has 0 spiro atoms. The number of thiazole rings is 1. The summed E-state index contributed by atoms with van der Waals surface area (Å²) in [6.45, 7) is 0.722. The quantitative estimate of drug-likeness (QED) is 0.438. The van der Waals surface area contributed by atoms with E-state index < -0.39 is 0 Å². The number of anilines is 1. The van der Waals surface area contributed by atoms with E-state index in [1.807, 2.05) is 18.2 Å². The third-order valence-electron chi connectivity index (χ3n) is 3.24. The Hall–Kier alpha value is -0.910. The van der Waals surface area contributed by atoms with E-state index in [0.717, 1.165) is 28.4 Å². The maximum Gasteiger partial charge on any atom is 0.183 e. The molecule has 1 aromatic heterocycles. The van der Waals surface area contributed by atoms with Gasteiger partial charge in [-0.15, -0.1) is 23.1 Å². The zero-order valence-electron chi connectivity index (χ0n) is 12.4. The molecule has 3 rings (SSSR count). The molecule has 0 saturated heterocycles. The standard InChI is InChI=1S/C17H13Cl3N2S2/c18-15-6-1-11(7-16(15)19)10-23-13-4-2-12(3-5-13)21-8-14-9-22-17(20)24-14/h1-7,9,21H,8,10H2. The summed E-state index contributed by atoms with van der Waals surface area (Å²) in [6, 6.07) is 14.1. The first kappa shape index (κ1) is 17.9.